The van der Waals surface area contributed by atoms with Gasteiger partial charge < -0.3 is 10.2 Å². The van der Waals surface area contributed by atoms with Gasteiger partial charge in [-0.2, -0.15) is 0 Å². The highest BCUT2D eigenvalue weighted by molar-refractivity contribution is 8.01. The molecule has 18 heavy (non-hydrogen) atoms. The van der Waals surface area contributed by atoms with Crippen molar-refractivity contribution >= 4 is 17.7 Å². The van der Waals surface area contributed by atoms with Crippen LogP contribution in [-0.2, 0) is 4.79 Å². The smallest absolute Gasteiger partial charge is 0.236 e. The third-order valence-corrected chi connectivity index (χ3v) is 4.40. The van der Waals surface area contributed by atoms with Crippen molar-refractivity contribution in [2.45, 2.75) is 17.5 Å². The highest BCUT2D eigenvalue weighted by atomic mass is 32.2. The van der Waals surface area contributed by atoms with Crippen molar-refractivity contribution < 1.29 is 9.18 Å². The summed E-state index contributed by atoms with van der Waals surface area (Å²) in [4.78, 5) is 13.9. The molecular formula is C13H17FN2OS. The summed E-state index contributed by atoms with van der Waals surface area (Å²) < 4.78 is 12.9. The molecule has 1 amide bonds. The van der Waals surface area contributed by atoms with E-state index in [2.05, 4.69) is 5.32 Å². The molecule has 1 fully saturated rings. The van der Waals surface area contributed by atoms with Gasteiger partial charge in [-0.25, -0.2) is 4.39 Å². The van der Waals surface area contributed by atoms with E-state index in [0.717, 1.165) is 12.1 Å². The molecule has 1 aromatic carbocycles. The van der Waals surface area contributed by atoms with Crippen molar-refractivity contribution in [3.8, 4) is 0 Å². The van der Waals surface area contributed by atoms with Gasteiger partial charge in [-0.15, -0.1) is 11.8 Å². The van der Waals surface area contributed by atoms with Crippen LogP contribution in [-0.4, -0.2) is 36.2 Å². The van der Waals surface area contributed by atoms with Crippen molar-refractivity contribution in [1.82, 2.24) is 10.2 Å². The van der Waals surface area contributed by atoms with Crippen molar-refractivity contribution in [3.63, 3.8) is 0 Å². The van der Waals surface area contributed by atoms with E-state index < -0.39 is 0 Å². The third kappa shape index (κ3) is 2.67. The first-order valence-corrected chi connectivity index (χ1v) is 6.93. The molecule has 0 unspecified atom stereocenters. The fourth-order valence-electron chi connectivity index (χ4n) is 2.02. The van der Waals surface area contributed by atoms with Crippen LogP contribution < -0.4 is 5.32 Å². The molecule has 0 aliphatic carbocycles. The van der Waals surface area contributed by atoms with Gasteiger partial charge in [0.1, 0.15) is 11.2 Å². The average Bonchev–Trinajstić information content (AvgIpc) is 2.64. The summed E-state index contributed by atoms with van der Waals surface area (Å²) in [5.74, 6) is -0.0903. The standard InChI is InChI=1S/C13H17FN2OS/c1-9-12(17)16(8-7-15-2)13(18-9)10-3-5-11(14)6-4-10/h3-6,9,13,15H,7-8H2,1-2H3/t9-,13+/m0/s1. The predicted molar refractivity (Wildman–Crippen MR) is 71.8 cm³/mol. The van der Waals surface area contributed by atoms with Crippen LogP contribution in [0.15, 0.2) is 24.3 Å². The lowest BCUT2D eigenvalue weighted by atomic mass is 10.2. The van der Waals surface area contributed by atoms with Crippen molar-refractivity contribution in [3.05, 3.63) is 35.6 Å². The number of rotatable bonds is 4. The monoisotopic (exact) mass is 268 g/mol. The van der Waals surface area contributed by atoms with Gasteiger partial charge in [-0.1, -0.05) is 12.1 Å². The fraction of sp³-hybridized carbons (Fsp3) is 0.462. The minimum absolute atomic E-state index is 0.00134. The third-order valence-electron chi connectivity index (χ3n) is 3.00. The summed E-state index contributed by atoms with van der Waals surface area (Å²) in [7, 11) is 1.87. The number of benzene rings is 1. The van der Waals surface area contributed by atoms with Crippen LogP contribution in [0, 0.1) is 5.82 Å². The van der Waals surface area contributed by atoms with E-state index in [0.29, 0.717) is 6.54 Å². The molecule has 1 aliphatic rings. The molecule has 3 nitrogen and oxygen atoms in total. The largest absolute Gasteiger partial charge is 0.324 e. The number of nitrogens with one attached hydrogen (secondary N) is 1. The number of hydrogen-bond acceptors (Lipinski definition) is 3. The minimum Gasteiger partial charge on any atom is -0.324 e. The first-order chi connectivity index (χ1) is 8.63. The molecule has 1 N–H and O–H groups in total. The topological polar surface area (TPSA) is 32.3 Å². The molecule has 98 valence electrons. The number of amides is 1. The predicted octanol–water partition coefficient (Wildman–Crippen LogP) is 2.01. The summed E-state index contributed by atoms with van der Waals surface area (Å²) in [5, 5.41) is 3.02. The van der Waals surface area contributed by atoms with Crippen molar-refractivity contribution in [1.29, 1.82) is 0 Å². The average molecular weight is 268 g/mol. The number of hydrogen-bond donors (Lipinski definition) is 1. The summed E-state index contributed by atoms with van der Waals surface area (Å²) >= 11 is 1.62. The second-order valence-corrected chi connectivity index (χ2v) is 5.74. The van der Waals surface area contributed by atoms with E-state index >= 15 is 0 Å². The maximum Gasteiger partial charge on any atom is 0.236 e. The summed E-state index contributed by atoms with van der Waals surface area (Å²) in [6.07, 6.45) is 0. The Morgan fingerprint density at radius 3 is 2.67 bits per heavy atom. The highest BCUT2D eigenvalue weighted by Gasteiger charge is 2.37. The Balaban J connectivity index is 2.19. The highest BCUT2D eigenvalue weighted by Crippen LogP contribution is 2.42. The molecule has 0 spiro atoms. The number of carbonyl (C=O) groups excluding carboxylic acids is 1. The Morgan fingerprint density at radius 2 is 2.06 bits per heavy atom. The van der Waals surface area contributed by atoms with Crippen molar-refractivity contribution in [2.24, 2.45) is 0 Å². The van der Waals surface area contributed by atoms with E-state index in [4.69, 9.17) is 0 Å². The molecule has 1 aliphatic heterocycles. The Bertz CT molecular complexity index is 424. The normalized spacial score (nSPS) is 23.7. The fourth-order valence-corrected chi connectivity index (χ4v) is 3.33. The molecule has 2 atom stereocenters. The Hall–Kier alpha value is -1.07. The molecule has 1 saturated heterocycles. The maximum atomic E-state index is 12.9. The van der Waals surface area contributed by atoms with E-state index in [9.17, 15) is 9.18 Å². The van der Waals surface area contributed by atoms with Gasteiger partial charge >= 0.3 is 0 Å². The Morgan fingerprint density at radius 1 is 1.39 bits per heavy atom. The van der Waals surface area contributed by atoms with Gasteiger partial charge in [-0.3, -0.25) is 4.79 Å². The lowest BCUT2D eigenvalue weighted by Crippen LogP contribution is -2.35. The Labute approximate surface area is 111 Å². The second-order valence-electron chi connectivity index (χ2n) is 4.32. The van der Waals surface area contributed by atoms with Gasteiger partial charge in [0, 0.05) is 13.1 Å². The van der Waals surface area contributed by atoms with Crippen molar-refractivity contribution in [2.75, 3.05) is 20.1 Å². The number of likely N-dealkylation sites (N-methyl/N-ethyl adjacent to an activating group) is 1. The molecule has 2 rings (SSSR count). The molecule has 0 radical (unpaired) electrons. The van der Waals surface area contributed by atoms with Gasteiger partial charge in [0.15, 0.2) is 0 Å². The number of thioether (sulfide) groups is 1. The number of nitrogens with zero attached hydrogens (tertiary/aromatic N) is 1. The molecular weight excluding hydrogens is 251 g/mol. The molecule has 5 heteroatoms. The van der Waals surface area contributed by atoms with E-state index in [-0.39, 0.29) is 22.3 Å². The van der Waals surface area contributed by atoms with E-state index in [1.165, 1.54) is 12.1 Å². The zero-order valence-electron chi connectivity index (χ0n) is 10.5. The summed E-state index contributed by atoms with van der Waals surface area (Å²) in [6, 6.07) is 6.40. The van der Waals surface area contributed by atoms with Crippen LogP contribution in [0.2, 0.25) is 0 Å². The quantitative estimate of drug-likeness (QED) is 0.906. The maximum absolute atomic E-state index is 12.9. The van der Waals surface area contributed by atoms with Crippen LogP contribution in [0.4, 0.5) is 4.39 Å². The first kappa shape index (κ1) is 13.4. The molecule has 0 saturated carbocycles. The van der Waals surface area contributed by atoms with Crippen LogP contribution in [0.5, 0.6) is 0 Å². The lowest BCUT2D eigenvalue weighted by Gasteiger charge is -2.24. The van der Waals surface area contributed by atoms with Gasteiger partial charge in [-0.05, 0) is 31.7 Å². The molecule has 0 bridgehead atoms. The van der Waals surface area contributed by atoms with E-state index in [1.807, 2.05) is 18.9 Å². The zero-order valence-corrected chi connectivity index (χ0v) is 11.3. The number of halogens is 1. The van der Waals surface area contributed by atoms with Crippen LogP contribution in [0.1, 0.15) is 17.9 Å². The summed E-state index contributed by atoms with van der Waals surface area (Å²) in [5.41, 5.74) is 0.982. The van der Waals surface area contributed by atoms with Crippen LogP contribution in [0.3, 0.4) is 0 Å². The number of carbonyl (C=O) groups is 1. The van der Waals surface area contributed by atoms with Gasteiger partial charge in [0.05, 0.1) is 5.25 Å². The molecule has 0 aromatic heterocycles. The summed E-state index contributed by atoms with van der Waals surface area (Å²) in [6.45, 7) is 3.36. The first-order valence-electron chi connectivity index (χ1n) is 5.99. The minimum atomic E-state index is -0.247. The molecule has 1 heterocycles. The lowest BCUT2D eigenvalue weighted by molar-refractivity contribution is -0.129. The second kappa shape index (κ2) is 5.71. The molecule has 1 aromatic rings. The van der Waals surface area contributed by atoms with Gasteiger partial charge in [0.2, 0.25) is 5.91 Å². The zero-order chi connectivity index (χ0) is 13.1. The van der Waals surface area contributed by atoms with Crippen LogP contribution in [0.25, 0.3) is 0 Å². The van der Waals surface area contributed by atoms with Crippen LogP contribution >= 0.6 is 11.8 Å². The van der Waals surface area contributed by atoms with Gasteiger partial charge in [0.25, 0.3) is 0 Å². The Kier molecular flexibility index (Phi) is 4.24. The van der Waals surface area contributed by atoms with E-state index in [1.54, 1.807) is 23.9 Å². The SMILES string of the molecule is CNCCN1C(=O)[C@H](C)S[C@@H]1c1ccc(F)cc1.